The summed E-state index contributed by atoms with van der Waals surface area (Å²) in [4.78, 5) is 15.2. The van der Waals surface area contributed by atoms with E-state index in [2.05, 4.69) is 4.98 Å². The van der Waals surface area contributed by atoms with Crippen molar-refractivity contribution in [3.05, 3.63) is 30.1 Å². The zero-order chi connectivity index (χ0) is 11.3. The van der Waals surface area contributed by atoms with Crippen LogP contribution >= 0.6 is 11.8 Å². The van der Waals surface area contributed by atoms with Crippen molar-refractivity contribution in [2.24, 2.45) is 0 Å². The summed E-state index contributed by atoms with van der Waals surface area (Å²) in [5.41, 5.74) is 7.10. The Bertz CT molecular complexity index is 391. The van der Waals surface area contributed by atoms with Crippen LogP contribution in [-0.2, 0) is 4.79 Å². The van der Waals surface area contributed by atoms with Crippen LogP contribution in [0.15, 0.2) is 35.0 Å². The second-order valence-corrected chi connectivity index (χ2v) is 4.05. The van der Waals surface area contributed by atoms with Crippen LogP contribution in [0.25, 0.3) is 0 Å². The molecule has 0 unspecified atom stereocenters. The molecule has 0 aliphatic carbocycles. The highest BCUT2D eigenvalue weighted by atomic mass is 32.2. The van der Waals surface area contributed by atoms with Crippen LogP contribution < -0.4 is 5.73 Å². The van der Waals surface area contributed by atoms with Crippen LogP contribution in [-0.4, -0.2) is 21.8 Å². The summed E-state index contributed by atoms with van der Waals surface area (Å²) < 4.78 is 0. The van der Waals surface area contributed by atoms with E-state index in [1.165, 1.54) is 17.8 Å². The van der Waals surface area contributed by atoms with E-state index in [4.69, 9.17) is 10.8 Å². The fraction of sp³-hybridized carbons (Fsp3) is 0.200. The van der Waals surface area contributed by atoms with Crippen molar-refractivity contribution in [2.75, 3.05) is 11.5 Å². The molecule has 0 amide bonds. The highest BCUT2D eigenvalue weighted by molar-refractivity contribution is 7.99. The first-order valence-corrected chi connectivity index (χ1v) is 5.30. The lowest BCUT2D eigenvalue weighted by atomic mass is 10.3. The molecule has 1 rings (SSSR count). The molecular weight excluding hydrogens is 212 g/mol. The van der Waals surface area contributed by atoms with Crippen molar-refractivity contribution >= 4 is 23.4 Å². The number of aromatic nitrogens is 1. The topological polar surface area (TPSA) is 76.2 Å². The molecule has 5 heteroatoms. The van der Waals surface area contributed by atoms with Crippen LogP contribution in [0.1, 0.15) is 6.92 Å². The minimum absolute atomic E-state index is 0.612. The van der Waals surface area contributed by atoms with Crippen molar-refractivity contribution in [3.8, 4) is 0 Å². The molecule has 0 spiro atoms. The number of carbonyl (C=O) groups is 1. The lowest BCUT2D eigenvalue weighted by molar-refractivity contribution is -0.131. The number of hydrogen-bond donors (Lipinski definition) is 2. The number of rotatable bonds is 4. The highest BCUT2D eigenvalue weighted by Crippen LogP contribution is 2.24. The minimum Gasteiger partial charge on any atom is -0.478 e. The molecule has 15 heavy (non-hydrogen) atoms. The van der Waals surface area contributed by atoms with E-state index in [-0.39, 0.29) is 0 Å². The van der Waals surface area contributed by atoms with Crippen molar-refractivity contribution < 1.29 is 9.90 Å². The third kappa shape index (κ3) is 4.03. The van der Waals surface area contributed by atoms with Crippen molar-refractivity contribution in [1.29, 1.82) is 0 Å². The molecule has 0 atom stereocenters. The maximum Gasteiger partial charge on any atom is 0.328 e. The summed E-state index contributed by atoms with van der Waals surface area (Å²) in [6.45, 7) is 1.78. The molecule has 0 aliphatic heterocycles. The molecule has 3 N–H and O–H groups in total. The van der Waals surface area contributed by atoms with Crippen LogP contribution in [0.5, 0.6) is 0 Å². The zero-order valence-corrected chi connectivity index (χ0v) is 9.12. The molecule has 0 aliphatic rings. The Hall–Kier alpha value is -1.49. The van der Waals surface area contributed by atoms with E-state index >= 15 is 0 Å². The standard InChI is InChI=1S/C10H12N2O2S/c1-7(4-10(13)14)6-15-9-2-3-12-5-8(9)11/h2-5H,6,11H2,1H3,(H,13,14). The van der Waals surface area contributed by atoms with Gasteiger partial charge in [-0.15, -0.1) is 11.8 Å². The summed E-state index contributed by atoms with van der Waals surface area (Å²) in [6, 6.07) is 1.81. The van der Waals surface area contributed by atoms with Gasteiger partial charge >= 0.3 is 5.97 Å². The molecule has 1 heterocycles. The van der Waals surface area contributed by atoms with Crippen LogP contribution in [0.4, 0.5) is 5.69 Å². The molecule has 80 valence electrons. The molecule has 4 nitrogen and oxygen atoms in total. The Morgan fingerprint density at radius 3 is 3.07 bits per heavy atom. The summed E-state index contributed by atoms with van der Waals surface area (Å²) >= 11 is 1.50. The number of nitrogens with two attached hydrogens (primary N) is 1. The van der Waals surface area contributed by atoms with E-state index in [0.717, 1.165) is 10.5 Å². The number of hydrogen-bond acceptors (Lipinski definition) is 4. The normalized spacial score (nSPS) is 11.4. The van der Waals surface area contributed by atoms with Gasteiger partial charge in [-0.1, -0.05) is 5.57 Å². The number of thioether (sulfide) groups is 1. The molecule has 0 bridgehead atoms. The number of carboxylic acid groups (broad SMARTS) is 1. The first kappa shape index (κ1) is 11.6. The Labute approximate surface area is 92.2 Å². The molecule has 0 saturated heterocycles. The second kappa shape index (κ2) is 5.41. The Morgan fingerprint density at radius 2 is 2.47 bits per heavy atom. The fourth-order valence-corrected chi connectivity index (χ4v) is 1.81. The Kier molecular flexibility index (Phi) is 4.17. The van der Waals surface area contributed by atoms with Gasteiger partial charge in [-0.3, -0.25) is 4.98 Å². The van der Waals surface area contributed by atoms with Gasteiger partial charge in [0.2, 0.25) is 0 Å². The van der Waals surface area contributed by atoms with Crippen molar-refractivity contribution in [2.45, 2.75) is 11.8 Å². The van der Waals surface area contributed by atoms with E-state index in [1.54, 1.807) is 19.3 Å². The molecule has 1 aromatic rings. The van der Waals surface area contributed by atoms with Crippen LogP contribution in [0, 0.1) is 0 Å². The van der Waals surface area contributed by atoms with Crippen LogP contribution in [0.2, 0.25) is 0 Å². The monoisotopic (exact) mass is 224 g/mol. The molecular formula is C10H12N2O2S. The van der Waals surface area contributed by atoms with E-state index in [9.17, 15) is 4.79 Å². The summed E-state index contributed by atoms with van der Waals surface area (Å²) in [6.07, 6.45) is 4.44. The van der Waals surface area contributed by atoms with E-state index < -0.39 is 5.97 Å². The van der Waals surface area contributed by atoms with Crippen molar-refractivity contribution in [1.82, 2.24) is 4.98 Å². The maximum atomic E-state index is 10.4. The minimum atomic E-state index is -0.921. The van der Waals surface area contributed by atoms with Gasteiger partial charge in [-0.05, 0) is 13.0 Å². The van der Waals surface area contributed by atoms with Gasteiger partial charge in [0.15, 0.2) is 0 Å². The SMILES string of the molecule is CC(=CC(=O)O)CSc1ccncc1N. The van der Waals surface area contributed by atoms with Gasteiger partial charge in [0, 0.05) is 22.9 Å². The molecule has 0 saturated carbocycles. The van der Waals surface area contributed by atoms with Crippen molar-refractivity contribution in [3.63, 3.8) is 0 Å². The smallest absolute Gasteiger partial charge is 0.328 e. The van der Waals surface area contributed by atoms with Crippen LogP contribution in [0.3, 0.4) is 0 Å². The van der Waals surface area contributed by atoms with Gasteiger partial charge in [-0.2, -0.15) is 0 Å². The predicted octanol–water partition coefficient (Wildman–Crippen LogP) is 1.79. The third-order valence-electron chi connectivity index (χ3n) is 1.64. The lowest BCUT2D eigenvalue weighted by Crippen LogP contribution is -1.93. The van der Waals surface area contributed by atoms with E-state index in [1.807, 2.05) is 6.07 Å². The maximum absolute atomic E-state index is 10.4. The molecule has 1 aromatic heterocycles. The summed E-state index contributed by atoms with van der Waals surface area (Å²) in [7, 11) is 0. The fourth-order valence-electron chi connectivity index (χ4n) is 0.969. The summed E-state index contributed by atoms with van der Waals surface area (Å²) in [5.74, 6) is -0.309. The van der Waals surface area contributed by atoms with Gasteiger partial charge < -0.3 is 10.8 Å². The number of aliphatic carboxylic acids is 1. The number of nitrogen functional groups attached to an aromatic ring is 1. The average molecular weight is 224 g/mol. The van der Waals surface area contributed by atoms with Gasteiger partial charge in [-0.25, -0.2) is 4.79 Å². The number of anilines is 1. The summed E-state index contributed by atoms with van der Waals surface area (Å²) in [5, 5.41) is 8.52. The zero-order valence-electron chi connectivity index (χ0n) is 8.30. The van der Waals surface area contributed by atoms with Gasteiger partial charge in [0.1, 0.15) is 0 Å². The highest BCUT2D eigenvalue weighted by Gasteiger charge is 2.00. The second-order valence-electron chi connectivity index (χ2n) is 3.03. The molecule has 0 radical (unpaired) electrons. The first-order valence-electron chi connectivity index (χ1n) is 4.32. The third-order valence-corrected chi connectivity index (χ3v) is 2.92. The molecule has 0 fully saturated rings. The Balaban J connectivity index is 2.58. The largest absolute Gasteiger partial charge is 0.478 e. The van der Waals surface area contributed by atoms with Gasteiger partial charge in [0.05, 0.1) is 11.9 Å². The quantitative estimate of drug-likeness (QED) is 0.602. The number of nitrogens with zero attached hydrogens (tertiary/aromatic N) is 1. The molecule has 0 aromatic carbocycles. The first-order chi connectivity index (χ1) is 7.09. The Morgan fingerprint density at radius 1 is 1.73 bits per heavy atom. The predicted molar refractivity (Wildman–Crippen MR) is 60.8 cm³/mol. The lowest BCUT2D eigenvalue weighted by Gasteiger charge is -2.03. The van der Waals surface area contributed by atoms with E-state index in [0.29, 0.717) is 11.4 Å². The number of pyridine rings is 1. The average Bonchev–Trinajstić information content (AvgIpc) is 2.15. The number of carboxylic acids is 1. The van der Waals surface area contributed by atoms with Gasteiger partial charge in [0.25, 0.3) is 0 Å².